The normalized spacial score (nSPS) is 14.6. The summed E-state index contributed by atoms with van der Waals surface area (Å²) in [5.74, 6) is 6.01. The van der Waals surface area contributed by atoms with E-state index in [0.717, 1.165) is 0 Å². The van der Waals surface area contributed by atoms with Crippen LogP contribution in [0.25, 0.3) is 0 Å². The van der Waals surface area contributed by atoms with Crippen LogP contribution in [0.2, 0.25) is 0 Å². The zero-order valence-corrected chi connectivity index (χ0v) is 8.73. The fourth-order valence-electron chi connectivity index (χ4n) is 0.969. The Balaban J connectivity index is 2.64. The summed E-state index contributed by atoms with van der Waals surface area (Å²) < 4.78 is 1.56. The van der Waals surface area contributed by atoms with Gasteiger partial charge in [0.1, 0.15) is 18.3 Å². The van der Waals surface area contributed by atoms with Gasteiger partial charge in [0, 0.05) is 5.92 Å². The summed E-state index contributed by atoms with van der Waals surface area (Å²) in [5, 5.41) is 13.8. The van der Waals surface area contributed by atoms with Crippen molar-refractivity contribution in [1.29, 1.82) is 0 Å². The number of nitrogens with zero attached hydrogens (tertiary/aromatic N) is 3. The Kier molecular flexibility index (Phi) is 3.26. The van der Waals surface area contributed by atoms with Gasteiger partial charge in [0.2, 0.25) is 0 Å². The fourth-order valence-corrected chi connectivity index (χ4v) is 0.969. The minimum absolute atomic E-state index is 0.261. The lowest BCUT2D eigenvalue weighted by Gasteiger charge is -2.15. The van der Waals surface area contributed by atoms with Crippen molar-refractivity contribution in [2.24, 2.45) is 5.92 Å². The summed E-state index contributed by atoms with van der Waals surface area (Å²) >= 11 is 0. The first kappa shape index (κ1) is 10.7. The highest BCUT2D eigenvalue weighted by Gasteiger charge is 2.17. The zero-order valence-electron chi connectivity index (χ0n) is 8.73. The van der Waals surface area contributed by atoms with Crippen LogP contribution in [-0.4, -0.2) is 25.5 Å². The van der Waals surface area contributed by atoms with Crippen molar-refractivity contribution in [1.82, 2.24) is 14.8 Å². The van der Waals surface area contributed by atoms with Gasteiger partial charge >= 0.3 is 0 Å². The van der Waals surface area contributed by atoms with Crippen LogP contribution >= 0.6 is 0 Å². The van der Waals surface area contributed by atoms with Gasteiger partial charge in [0.05, 0.1) is 6.54 Å². The van der Waals surface area contributed by atoms with E-state index in [-0.39, 0.29) is 5.92 Å². The van der Waals surface area contributed by atoms with Gasteiger partial charge in [0.25, 0.3) is 0 Å². The van der Waals surface area contributed by atoms with E-state index in [1.165, 1.54) is 6.33 Å². The quantitative estimate of drug-likeness (QED) is 0.703. The van der Waals surface area contributed by atoms with Gasteiger partial charge in [-0.1, -0.05) is 25.7 Å². The molecule has 76 valence electrons. The SMILES string of the molecule is CC(C)C#CC(C)(O)Cn1cncn1. The maximum absolute atomic E-state index is 9.87. The van der Waals surface area contributed by atoms with E-state index >= 15 is 0 Å². The minimum atomic E-state index is -1.04. The number of rotatable bonds is 2. The predicted molar refractivity (Wildman–Crippen MR) is 53.3 cm³/mol. The van der Waals surface area contributed by atoms with Gasteiger partial charge in [0.15, 0.2) is 0 Å². The first-order valence-electron chi connectivity index (χ1n) is 4.57. The molecule has 0 amide bonds. The van der Waals surface area contributed by atoms with Gasteiger partial charge in [-0.3, -0.25) is 0 Å². The van der Waals surface area contributed by atoms with E-state index < -0.39 is 5.60 Å². The molecule has 1 rings (SSSR count). The van der Waals surface area contributed by atoms with E-state index in [1.807, 2.05) is 13.8 Å². The first-order chi connectivity index (χ1) is 6.49. The summed E-state index contributed by atoms with van der Waals surface area (Å²) in [6, 6.07) is 0. The van der Waals surface area contributed by atoms with Crippen LogP contribution in [0.3, 0.4) is 0 Å². The molecular formula is C10H15N3O. The third kappa shape index (κ3) is 3.58. The van der Waals surface area contributed by atoms with Crippen molar-refractivity contribution in [3.8, 4) is 11.8 Å². The molecule has 0 saturated carbocycles. The molecule has 1 heterocycles. The van der Waals surface area contributed by atoms with Crippen molar-refractivity contribution < 1.29 is 5.11 Å². The molecule has 1 atom stereocenters. The number of aliphatic hydroxyl groups is 1. The molecule has 4 heteroatoms. The maximum Gasteiger partial charge on any atom is 0.142 e. The van der Waals surface area contributed by atoms with Crippen molar-refractivity contribution in [2.75, 3.05) is 0 Å². The lowest BCUT2D eigenvalue weighted by Crippen LogP contribution is -2.28. The van der Waals surface area contributed by atoms with Crippen LogP contribution in [0.4, 0.5) is 0 Å². The summed E-state index contributed by atoms with van der Waals surface area (Å²) in [6.45, 7) is 5.98. The average molecular weight is 193 g/mol. The number of aromatic nitrogens is 3. The molecule has 0 aliphatic carbocycles. The molecule has 0 fully saturated rings. The zero-order chi connectivity index (χ0) is 10.6. The molecule has 0 saturated heterocycles. The molecule has 0 aliphatic heterocycles. The van der Waals surface area contributed by atoms with Gasteiger partial charge in [-0.15, -0.1) is 0 Å². The Morgan fingerprint density at radius 1 is 1.57 bits per heavy atom. The van der Waals surface area contributed by atoms with Gasteiger partial charge in [-0.05, 0) is 6.92 Å². The Bertz CT molecular complexity index is 330. The third-order valence-electron chi connectivity index (χ3n) is 1.57. The highest BCUT2D eigenvalue weighted by Crippen LogP contribution is 2.04. The van der Waals surface area contributed by atoms with E-state index in [4.69, 9.17) is 0 Å². The minimum Gasteiger partial charge on any atom is -0.376 e. The lowest BCUT2D eigenvalue weighted by molar-refractivity contribution is 0.0974. The third-order valence-corrected chi connectivity index (χ3v) is 1.57. The summed E-state index contributed by atoms with van der Waals surface area (Å²) in [5.41, 5.74) is -1.04. The molecule has 1 aromatic heterocycles. The standard InChI is InChI=1S/C10H15N3O/c1-9(2)4-5-10(3,14)6-13-8-11-7-12-13/h7-9,14H,6H2,1-3H3. The maximum atomic E-state index is 9.87. The molecule has 0 bridgehead atoms. The van der Waals surface area contributed by atoms with Gasteiger partial charge < -0.3 is 5.11 Å². The van der Waals surface area contributed by atoms with Crippen LogP contribution in [0.1, 0.15) is 20.8 Å². The van der Waals surface area contributed by atoms with Gasteiger partial charge in [-0.2, -0.15) is 5.10 Å². The number of hydrogen-bond acceptors (Lipinski definition) is 3. The topological polar surface area (TPSA) is 50.9 Å². The fraction of sp³-hybridized carbons (Fsp3) is 0.600. The smallest absolute Gasteiger partial charge is 0.142 e. The van der Waals surface area contributed by atoms with Crippen molar-refractivity contribution in [2.45, 2.75) is 32.9 Å². The molecule has 0 radical (unpaired) electrons. The molecule has 1 unspecified atom stereocenters. The predicted octanol–water partition coefficient (Wildman–Crippen LogP) is 0.688. The van der Waals surface area contributed by atoms with Crippen molar-refractivity contribution in [3.05, 3.63) is 12.7 Å². The second kappa shape index (κ2) is 4.25. The van der Waals surface area contributed by atoms with Crippen LogP contribution in [-0.2, 0) is 6.54 Å². The lowest BCUT2D eigenvalue weighted by atomic mass is 10.1. The summed E-state index contributed by atoms with van der Waals surface area (Å²) in [6.07, 6.45) is 3.00. The molecule has 1 aromatic rings. The van der Waals surface area contributed by atoms with E-state index in [2.05, 4.69) is 21.9 Å². The monoisotopic (exact) mass is 193 g/mol. The van der Waals surface area contributed by atoms with E-state index in [1.54, 1.807) is 17.9 Å². The van der Waals surface area contributed by atoms with Crippen molar-refractivity contribution >= 4 is 0 Å². The average Bonchev–Trinajstić information content (AvgIpc) is 2.53. The second-order valence-electron chi connectivity index (χ2n) is 3.79. The molecule has 4 nitrogen and oxygen atoms in total. The number of hydrogen-bond donors (Lipinski definition) is 1. The Morgan fingerprint density at radius 2 is 2.29 bits per heavy atom. The van der Waals surface area contributed by atoms with Crippen LogP contribution in [0.5, 0.6) is 0 Å². The van der Waals surface area contributed by atoms with Crippen LogP contribution < -0.4 is 0 Å². The van der Waals surface area contributed by atoms with Gasteiger partial charge in [-0.25, -0.2) is 9.67 Å². The molecule has 1 N–H and O–H groups in total. The first-order valence-corrected chi connectivity index (χ1v) is 4.57. The Labute approximate surface area is 84.0 Å². The molecule has 0 aromatic carbocycles. The largest absolute Gasteiger partial charge is 0.376 e. The molecule has 0 aliphatic rings. The highest BCUT2D eigenvalue weighted by molar-refractivity contribution is 5.12. The van der Waals surface area contributed by atoms with E-state index in [9.17, 15) is 5.11 Å². The van der Waals surface area contributed by atoms with Crippen molar-refractivity contribution in [3.63, 3.8) is 0 Å². The molecule has 0 spiro atoms. The molecular weight excluding hydrogens is 178 g/mol. The van der Waals surface area contributed by atoms with Crippen LogP contribution in [0, 0.1) is 17.8 Å². The Hall–Kier alpha value is -1.34. The Morgan fingerprint density at radius 3 is 2.79 bits per heavy atom. The highest BCUT2D eigenvalue weighted by atomic mass is 16.3. The summed E-state index contributed by atoms with van der Waals surface area (Å²) in [7, 11) is 0. The van der Waals surface area contributed by atoms with E-state index in [0.29, 0.717) is 6.54 Å². The van der Waals surface area contributed by atoms with Crippen LogP contribution in [0.15, 0.2) is 12.7 Å². The summed E-state index contributed by atoms with van der Waals surface area (Å²) in [4.78, 5) is 3.79. The molecule has 14 heavy (non-hydrogen) atoms. The second-order valence-corrected chi connectivity index (χ2v) is 3.79.